The minimum absolute atomic E-state index is 0.132. The molecule has 1 amide bonds. The maximum atomic E-state index is 13.0. The molecule has 0 aliphatic rings. The summed E-state index contributed by atoms with van der Waals surface area (Å²) in [5, 5.41) is 5.41. The second-order valence-electron chi connectivity index (χ2n) is 7.98. The molecule has 0 aliphatic carbocycles. The first-order chi connectivity index (χ1) is 15.9. The third-order valence-corrected chi connectivity index (χ3v) is 6.87. The molecule has 1 N–H and O–H groups in total. The zero-order valence-corrected chi connectivity index (χ0v) is 19.7. The number of amides is 1. The van der Waals surface area contributed by atoms with Gasteiger partial charge in [0.25, 0.3) is 5.56 Å². The number of carbonyl (C=O) groups excluding carboxylic acids is 1. The largest absolute Gasteiger partial charge is 0.332 e. The Balaban J connectivity index is 1.69. The molecule has 2 aromatic carbocycles. The number of hydrogen-bond donors (Lipinski definition) is 1. The maximum Gasteiger partial charge on any atom is 0.332 e. The summed E-state index contributed by atoms with van der Waals surface area (Å²) in [6, 6.07) is 13.7. The van der Waals surface area contributed by atoms with Gasteiger partial charge < -0.3 is 5.32 Å². The van der Waals surface area contributed by atoms with E-state index in [1.807, 2.05) is 42.5 Å². The fourth-order valence-electron chi connectivity index (χ4n) is 3.91. The minimum Gasteiger partial charge on any atom is -0.325 e. The number of thioether (sulfide) groups is 1. The summed E-state index contributed by atoms with van der Waals surface area (Å²) >= 11 is 1.32. The van der Waals surface area contributed by atoms with Crippen molar-refractivity contribution in [2.45, 2.75) is 31.1 Å². The number of unbranched alkanes of at least 4 members (excludes halogenated alkanes) is 1. The highest BCUT2D eigenvalue weighted by Gasteiger charge is 2.18. The molecular formula is C25H26N4O3S. The van der Waals surface area contributed by atoms with Crippen LogP contribution in [0.2, 0.25) is 0 Å². The highest BCUT2D eigenvalue weighted by Crippen LogP contribution is 2.30. The van der Waals surface area contributed by atoms with E-state index in [2.05, 4.69) is 17.2 Å². The number of nitrogens with zero attached hydrogens (tertiary/aromatic N) is 3. The van der Waals surface area contributed by atoms with E-state index >= 15 is 0 Å². The molecule has 2 aromatic heterocycles. The lowest BCUT2D eigenvalue weighted by atomic mass is 10.1. The second-order valence-corrected chi connectivity index (χ2v) is 8.97. The predicted octanol–water partition coefficient (Wildman–Crippen LogP) is 3.86. The Labute approximate surface area is 195 Å². The maximum absolute atomic E-state index is 13.0. The van der Waals surface area contributed by atoms with Gasteiger partial charge in [0.05, 0.1) is 11.1 Å². The Morgan fingerprint density at radius 2 is 1.82 bits per heavy atom. The third kappa shape index (κ3) is 4.43. The predicted molar refractivity (Wildman–Crippen MR) is 134 cm³/mol. The van der Waals surface area contributed by atoms with Crippen molar-refractivity contribution in [3.05, 3.63) is 75.1 Å². The summed E-state index contributed by atoms with van der Waals surface area (Å²) in [6.07, 6.45) is 4.41. The number of rotatable bonds is 7. The molecule has 0 saturated carbocycles. The van der Waals surface area contributed by atoms with Crippen molar-refractivity contribution in [1.82, 2.24) is 14.1 Å². The van der Waals surface area contributed by atoms with Gasteiger partial charge in [0, 0.05) is 36.3 Å². The topological polar surface area (TPSA) is 86.0 Å². The summed E-state index contributed by atoms with van der Waals surface area (Å²) in [6.45, 7) is 2.10. The van der Waals surface area contributed by atoms with Crippen LogP contribution in [0, 0.1) is 0 Å². The number of fused-ring (bicyclic) bond motifs is 2. The van der Waals surface area contributed by atoms with Crippen molar-refractivity contribution in [3.8, 4) is 0 Å². The molecule has 0 saturated heterocycles. The van der Waals surface area contributed by atoms with E-state index in [9.17, 15) is 14.4 Å². The number of aromatic nitrogens is 3. The number of hydrogen-bond acceptors (Lipinski definition) is 5. The van der Waals surface area contributed by atoms with Crippen molar-refractivity contribution >= 4 is 45.2 Å². The molecule has 0 atom stereocenters. The number of benzene rings is 2. The molecule has 33 heavy (non-hydrogen) atoms. The van der Waals surface area contributed by atoms with Crippen LogP contribution in [0.5, 0.6) is 0 Å². The van der Waals surface area contributed by atoms with Gasteiger partial charge in [-0.2, -0.15) is 0 Å². The summed E-state index contributed by atoms with van der Waals surface area (Å²) in [7, 11) is 3.06. The smallest absolute Gasteiger partial charge is 0.325 e. The first kappa shape index (κ1) is 22.8. The van der Waals surface area contributed by atoms with Gasteiger partial charge in [-0.1, -0.05) is 49.7 Å². The lowest BCUT2D eigenvalue weighted by molar-refractivity contribution is -0.113. The number of aryl methyl sites for hydroxylation is 2. The molecule has 0 bridgehead atoms. The first-order valence-electron chi connectivity index (χ1n) is 10.9. The monoisotopic (exact) mass is 462 g/mol. The summed E-state index contributed by atoms with van der Waals surface area (Å²) in [5.74, 6) is -0.0302. The minimum atomic E-state index is -0.425. The van der Waals surface area contributed by atoms with Gasteiger partial charge in [0.1, 0.15) is 5.65 Å². The van der Waals surface area contributed by atoms with E-state index in [1.165, 1.54) is 23.4 Å². The SMILES string of the molecule is CCCCc1cnc2c(c1SCC(=O)Nc1cccc3ccccc13)c(=O)n(C)c(=O)n2C. The first-order valence-corrected chi connectivity index (χ1v) is 11.9. The van der Waals surface area contributed by atoms with Crippen LogP contribution < -0.4 is 16.6 Å². The van der Waals surface area contributed by atoms with Crippen molar-refractivity contribution in [1.29, 1.82) is 0 Å². The van der Waals surface area contributed by atoms with Gasteiger partial charge >= 0.3 is 5.69 Å². The normalized spacial score (nSPS) is 11.2. The van der Waals surface area contributed by atoms with Crippen LogP contribution in [0.25, 0.3) is 21.8 Å². The highest BCUT2D eigenvalue weighted by molar-refractivity contribution is 8.00. The standard InChI is InChI=1S/C25H26N4O3S/c1-4-5-9-17-14-26-23-21(24(31)29(3)25(32)28(23)2)22(17)33-15-20(30)27-19-13-8-11-16-10-6-7-12-18(16)19/h6-8,10-14H,4-5,9,15H2,1-3H3,(H,27,30). The molecule has 0 unspecified atom stereocenters. The lowest BCUT2D eigenvalue weighted by Gasteiger charge is -2.14. The number of carbonyl (C=O) groups is 1. The van der Waals surface area contributed by atoms with Crippen LogP contribution in [-0.4, -0.2) is 25.8 Å². The van der Waals surface area contributed by atoms with Gasteiger partial charge in [0.15, 0.2) is 0 Å². The van der Waals surface area contributed by atoms with Crippen molar-refractivity contribution < 1.29 is 4.79 Å². The van der Waals surface area contributed by atoms with Gasteiger partial charge in [-0.15, -0.1) is 11.8 Å². The Morgan fingerprint density at radius 3 is 2.61 bits per heavy atom. The number of nitrogens with one attached hydrogen (secondary N) is 1. The van der Waals surface area contributed by atoms with E-state index in [4.69, 9.17) is 0 Å². The second kappa shape index (κ2) is 9.62. The molecule has 2 heterocycles. The van der Waals surface area contributed by atoms with E-state index in [0.717, 1.165) is 50.7 Å². The van der Waals surface area contributed by atoms with Crippen LogP contribution in [-0.2, 0) is 25.3 Å². The van der Waals surface area contributed by atoms with Crippen molar-refractivity contribution in [2.75, 3.05) is 11.1 Å². The molecule has 8 heteroatoms. The zero-order chi connectivity index (χ0) is 23.5. The van der Waals surface area contributed by atoms with Crippen LogP contribution >= 0.6 is 11.8 Å². The quantitative estimate of drug-likeness (QED) is 0.422. The molecule has 0 fully saturated rings. The average molecular weight is 463 g/mol. The summed E-state index contributed by atoms with van der Waals surface area (Å²) < 4.78 is 2.47. The van der Waals surface area contributed by atoms with Crippen LogP contribution in [0.1, 0.15) is 25.3 Å². The molecule has 170 valence electrons. The Bertz CT molecular complexity index is 1470. The van der Waals surface area contributed by atoms with Gasteiger partial charge in [-0.05, 0) is 29.9 Å². The Hall–Kier alpha value is -3.39. The van der Waals surface area contributed by atoms with Crippen molar-refractivity contribution in [3.63, 3.8) is 0 Å². The average Bonchev–Trinajstić information content (AvgIpc) is 2.83. The van der Waals surface area contributed by atoms with E-state index in [-0.39, 0.29) is 11.7 Å². The lowest BCUT2D eigenvalue weighted by Crippen LogP contribution is -2.37. The van der Waals surface area contributed by atoms with Crippen LogP contribution in [0.4, 0.5) is 5.69 Å². The third-order valence-electron chi connectivity index (χ3n) is 5.71. The fraction of sp³-hybridized carbons (Fsp3) is 0.280. The number of anilines is 1. The molecule has 0 spiro atoms. The van der Waals surface area contributed by atoms with E-state index < -0.39 is 11.2 Å². The molecule has 0 aliphatic heterocycles. The Kier molecular flexibility index (Phi) is 6.65. The van der Waals surface area contributed by atoms with E-state index in [1.54, 1.807) is 13.2 Å². The Morgan fingerprint density at radius 1 is 1.06 bits per heavy atom. The molecule has 7 nitrogen and oxygen atoms in total. The summed E-state index contributed by atoms with van der Waals surface area (Å²) in [4.78, 5) is 43.4. The van der Waals surface area contributed by atoms with Crippen molar-refractivity contribution in [2.24, 2.45) is 14.1 Å². The van der Waals surface area contributed by atoms with Gasteiger partial charge in [-0.25, -0.2) is 9.78 Å². The zero-order valence-electron chi connectivity index (χ0n) is 18.9. The van der Waals surface area contributed by atoms with Gasteiger partial charge in [-0.3, -0.25) is 18.7 Å². The van der Waals surface area contributed by atoms with Crippen LogP contribution in [0.15, 0.2) is 63.1 Å². The number of pyridine rings is 1. The fourth-order valence-corrected chi connectivity index (χ4v) is 4.92. The highest BCUT2D eigenvalue weighted by atomic mass is 32.2. The molecular weight excluding hydrogens is 436 g/mol. The van der Waals surface area contributed by atoms with E-state index in [0.29, 0.717) is 11.0 Å². The van der Waals surface area contributed by atoms with Gasteiger partial charge in [0.2, 0.25) is 5.91 Å². The molecule has 4 aromatic rings. The van der Waals surface area contributed by atoms with Crippen LogP contribution in [0.3, 0.4) is 0 Å². The molecule has 0 radical (unpaired) electrons. The summed E-state index contributed by atoms with van der Waals surface area (Å²) in [5.41, 5.74) is 1.19. The molecule has 4 rings (SSSR count).